The van der Waals surface area contributed by atoms with Crippen molar-refractivity contribution in [2.24, 2.45) is 5.84 Å². The van der Waals surface area contributed by atoms with Gasteiger partial charge in [0.2, 0.25) is 0 Å². The number of hydrogen-bond donors (Lipinski definition) is 3. The second-order valence-corrected chi connectivity index (χ2v) is 2.12. The molecule has 3 heteroatoms. The highest BCUT2D eigenvalue weighted by Gasteiger charge is 1.99. The lowest BCUT2D eigenvalue weighted by molar-refractivity contribution is 0.473. The van der Waals surface area contributed by atoms with Crippen molar-refractivity contribution in [3.8, 4) is 5.75 Å². The third kappa shape index (κ3) is 1.04. The summed E-state index contributed by atoms with van der Waals surface area (Å²) in [6.07, 6.45) is 0. The SMILES string of the molecule is Cc1cccc(NN)c1O. The number of nitrogens with one attached hydrogen (secondary N) is 1. The molecule has 1 aromatic rings. The van der Waals surface area contributed by atoms with Crippen molar-refractivity contribution in [1.82, 2.24) is 0 Å². The first kappa shape index (κ1) is 6.89. The Morgan fingerprint density at radius 1 is 1.50 bits per heavy atom. The monoisotopic (exact) mass is 138 g/mol. The average molecular weight is 138 g/mol. The molecule has 0 saturated heterocycles. The minimum absolute atomic E-state index is 0.213. The molecule has 0 aliphatic carbocycles. The molecule has 0 heterocycles. The van der Waals surface area contributed by atoms with Crippen molar-refractivity contribution < 1.29 is 5.11 Å². The van der Waals surface area contributed by atoms with Crippen molar-refractivity contribution in [1.29, 1.82) is 0 Å². The number of phenolic OH excluding ortho intramolecular Hbond substituents is 1. The van der Waals surface area contributed by atoms with E-state index in [0.29, 0.717) is 5.69 Å². The maximum Gasteiger partial charge on any atom is 0.142 e. The van der Waals surface area contributed by atoms with Crippen molar-refractivity contribution in [3.05, 3.63) is 23.8 Å². The molecular weight excluding hydrogens is 128 g/mol. The quantitative estimate of drug-likeness (QED) is 0.308. The van der Waals surface area contributed by atoms with Gasteiger partial charge in [-0.15, -0.1) is 0 Å². The first-order chi connectivity index (χ1) is 4.75. The number of benzene rings is 1. The van der Waals surface area contributed by atoms with Gasteiger partial charge in [-0.2, -0.15) is 0 Å². The van der Waals surface area contributed by atoms with Crippen LogP contribution in [0.2, 0.25) is 0 Å². The Morgan fingerprint density at radius 2 is 2.20 bits per heavy atom. The summed E-state index contributed by atoms with van der Waals surface area (Å²) in [4.78, 5) is 0. The lowest BCUT2D eigenvalue weighted by atomic mass is 10.2. The number of para-hydroxylation sites is 1. The zero-order chi connectivity index (χ0) is 7.56. The Labute approximate surface area is 59.5 Å². The van der Waals surface area contributed by atoms with Gasteiger partial charge < -0.3 is 10.5 Å². The third-order valence-electron chi connectivity index (χ3n) is 1.39. The van der Waals surface area contributed by atoms with Gasteiger partial charge in [0, 0.05) is 0 Å². The van der Waals surface area contributed by atoms with Crippen LogP contribution in [0.25, 0.3) is 0 Å². The minimum Gasteiger partial charge on any atom is -0.505 e. The van der Waals surface area contributed by atoms with E-state index in [1.165, 1.54) is 0 Å². The number of hydrogen-bond acceptors (Lipinski definition) is 3. The number of phenols is 1. The number of hydrazine groups is 1. The fourth-order valence-electron chi connectivity index (χ4n) is 0.775. The zero-order valence-corrected chi connectivity index (χ0v) is 5.76. The van der Waals surface area contributed by atoms with Gasteiger partial charge in [-0.3, -0.25) is 5.84 Å². The number of rotatable bonds is 1. The third-order valence-corrected chi connectivity index (χ3v) is 1.39. The van der Waals surface area contributed by atoms with E-state index in [1.54, 1.807) is 6.07 Å². The molecule has 0 unspecified atom stereocenters. The average Bonchev–Trinajstić information content (AvgIpc) is 1.95. The number of aromatic hydroxyl groups is 1. The van der Waals surface area contributed by atoms with Crippen LogP contribution >= 0.6 is 0 Å². The molecule has 0 aliphatic heterocycles. The fourth-order valence-corrected chi connectivity index (χ4v) is 0.775. The van der Waals surface area contributed by atoms with Crippen molar-refractivity contribution in [3.63, 3.8) is 0 Å². The lowest BCUT2D eigenvalue weighted by Crippen LogP contribution is -2.06. The van der Waals surface area contributed by atoms with E-state index in [4.69, 9.17) is 5.84 Å². The Bertz CT molecular complexity index is 235. The van der Waals surface area contributed by atoms with E-state index in [1.807, 2.05) is 19.1 Å². The van der Waals surface area contributed by atoms with Gasteiger partial charge in [0.15, 0.2) is 0 Å². The second-order valence-electron chi connectivity index (χ2n) is 2.12. The van der Waals surface area contributed by atoms with Gasteiger partial charge in [0.05, 0.1) is 5.69 Å². The van der Waals surface area contributed by atoms with E-state index >= 15 is 0 Å². The molecule has 54 valence electrons. The Balaban J connectivity index is 3.14. The highest BCUT2D eigenvalue weighted by atomic mass is 16.3. The predicted octanol–water partition coefficient (Wildman–Crippen LogP) is 0.986. The molecule has 0 aliphatic rings. The molecule has 0 spiro atoms. The molecule has 10 heavy (non-hydrogen) atoms. The minimum atomic E-state index is 0.213. The summed E-state index contributed by atoms with van der Waals surface area (Å²) >= 11 is 0. The summed E-state index contributed by atoms with van der Waals surface area (Å²) in [5.41, 5.74) is 3.76. The standard InChI is InChI=1S/C7H10N2O/c1-5-3-2-4-6(9-8)7(5)10/h2-4,9-10H,8H2,1H3. The van der Waals surface area contributed by atoms with Gasteiger partial charge >= 0.3 is 0 Å². The smallest absolute Gasteiger partial charge is 0.142 e. The van der Waals surface area contributed by atoms with Gasteiger partial charge in [0.1, 0.15) is 5.75 Å². The van der Waals surface area contributed by atoms with Crippen LogP contribution in [-0.4, -0.2) is 5.11 Å². The zero-order valence-electron chi connectivity index (χ0n) is 5.76. The Hall–Kier alpha value is -1.22. The molecule has 0 bridgehead atoms. The summed E-state index contributed by atoms with van der Waals surface area (Å²) < 4.78 is 0. The molecule has 1 aromatic carbocycles. The van der Waals surface area contributed by atoms with Crippen LogP contribution in [0.1, 0.15) is 5.56 Å². The Morgan fingerprint density at radius 3 is 2.70 bits per heavy atom. The maximum atomic E-state index is 9.26. The molecular formula is C7H10N2O. The lowest BCUT2D eigenvalue weighted by Gasteiger charge is -2.04. The van der Waals surface area contributed by atoms with E-state index < -0.39 is 0 Å². The summed E-state index contributed by atoms with van der Waals surface area (Å²) in [6, 6.07) is 5.35. The Kier molecular flexibility index (Phi) is 1.78. The van der Waals surface area contributed by atoms with Crippen molar-refractivity contribution >= 4 is 5.69 Å². The normalized spacial score (nSPS) is 9.40. The highest BCUT2D eigenvalue weighted by molar-refractivity contribution is 5.57. The number of nitrogen functional groups attached to an aromatic ring is 1. The topological polar surface area (TPSA) is 58.3 Å². The van der Waals surface area contributed by atoms with Gasteiger partial charge in [-0.25, -0.2) is 0 Å². The number of aryl methyl sites for hydroxylation is 1. The van der Waals surface area contributed by atoms with Gasteiger partial charge in [-0.05, 0) is 18.6 Å². The predicted molar refractivity (Wildman–Crippen MR) is 40.7 cm³/mol. The molecule has 1 rings (SSSR count). The molecule has 3 nitrogen and oxygen atoms in total. The molecule has 0 aromatic heterocycles. The summed E-state index contributed by atoms with van der Waals surface area (Å²) in [5, 5.41) is 9.26. The summed E-state index contributed by atoms with van der Waals surface area (Å²) in [5.74, 6) is 5.32. The van der Waals surface area contributed by atoms with Gasteiger partial charge in [-0.1, -0.05) is 12.1 Å². The first-order valence-corrected chi connectivity index (χ1v) is 3.01. The van der Waals surface area contributed by atoms with Gasteiger partial charge in [0.25, 0.3) is 0 Å². The van der Waals surface area contributed by atoms with Crippen molar-refractivity contribution in [2.45, 2.75) is 6.92 Å². The highest BCUT2D eigenvalue weighted by Crippen LogP contribution is 2.24. The molecule has 0 amide bonds. The fraction of sp³-hybridized carbons (Fsp3) is 0.143. The summed E-state index contributed by atoms with van der Waals surface area (Å²) in [7, 11) is 0. The van der Waals surface area contributed by atoms with Crippen molar-refractivity contribution in [2.75, 3.05) is 5.43 Å². The van der Waals surface area contributed by atoms with Crippen LogP contribution in [0.15, 0.2) is 18.2 Å². The van der Waals surface area contributed by atoms with E-state index in [0.717, 1.165) is 5.56 Å². The van der Waals surface area contributed by atoms with Crippen LogP contribution in [0, 0.1) is 6.92 Å². The largest absolute Gasteiger partial charge is 0.505 e. The van der Waals surface area contributed by atoms with Crippen LogP contribution in [0.3, 0.4) is 0 Å². The molecule has 4 N–H and O–H groups in total. The first-order valence-electron chi connectivity index (χ1n) is 3.01. The van der Waals surface area contributed by atoms with Crippen LogP contribution in [-0.2, 0) is 0 Å². The molecule has 0 atom stereocenters. The molecule has 0 fully saturated rings. The molecule has 0 saturated carbocycles. The van der Waals surface area contributed by atoms with Crippen LogP contribution in [0.5, 0.6) is 5.75 Å². The van der Waals surface area contributed by atoms with E-state index in [-0.39, 0.29) is 5.75 Å². The van der Waals surface area contributed by atoms with E-state index in [9.17, 15) is 5.11 Å². The molecule has 0 radical (unpaired) electrons. The van der Waals surface area contributed by atoms with Crippen LogP contribution < -0.4 is 11.3 Å². The second kappa shape index (κ2) is 2.58. The maximum absolute atomic E-state index is 9.26. The number of anilines is 1. The van der Waals surface area contributed by atoms with E-state index in [2.05, 4.69) is 5.43 Å². The van der Waals surface area contributed by atoms with Crippen LogP contribution in [0.4, 0.5) is 5.69 Å². The summed E-state index contributed by atoms with van der Waals surface area (Å²) in [6.45, 7) is 1.82. The number of nitrogens with two attached hydrogens (primary N) is 1.